The molecule has 4 heterocycles. The highest BCUT2D eigenvalue weighted by atomic mass is 32.1. The van der Waals surface area contributed by atoms with Crippen molar-refractivity contribution in [2.75, 3.05) is 0 Å². The van der Waals surface area contributed by atoms with Crippen LogP contribution in [0.1, 0.15) is 0 Å². The Labute approximate surface area is 362 Å². The minimum atomic E-state index is 0.704. The summed E-state index contributed by atoms with van der Waals surface area (Å²) in [5, 5.41) is 4.49. The van der Waals surface area contributed by atoms with Gasteiger partial charge in [-0.1, -0.05) is 182 Å². The van der Waals surface area contributed by atoms with E-state index in [-0.39, 0.29) is 0 Å². The number of aromatic nitrogens is 3. The van der Waals surface area contributed by atoms with Crippen LogP contribution in [0.5, 0.6) is 0 Å². The molecule has 290 valence electrons. The van der Waals surface area contributed by atoms with Crippen molar-refractivity contribution in [1.29, 1.82) is 0 Å². The van der Waals surface area contributed by atoms with Crippen molar-refractivity contribution in [2.45, 2.75) is 0 Å². The molecule has 0 unspecified atom stereocenters. The van der Waals surface area contributed by atoms with E-state index in [0.717, 1.165) is 94.8 Å². The van der Waals surface area contributed by atoms with Crippen molar-refractivity contribution in [3.8, 4) is 78.7 Å². The first-order chi connectivity index (χ1) is 30.7. The Kier molecular flexibility index (Phi) is 8.65. The van der Waals surface area contributed by atoms with Crippen LogP contribution in [0.15, 0.2) is 217 Å². The van der Waals surface area contributed by atoms with Crippen molar-refractivity contribution < 1.29 is 4.42 Å². The summed E-state index contributed by atoms with van der Waals surface area (Å²) in [5.74, 6) is 1.55. The van der Waals surface area contributed by atoms with Gasteiger partial charge in [0.2, 0.25) is 0 Å². The summed E-state index contributed by atoms with van der Waals surface area (Å²) < 4.78 is 9.68. The van der Waals surface area contributed by atoms with Crippen LogP contribution in [-0.4, -0.2) is 15.0 Å². The maximum absolute atomic E-state index is 7.22. The summed E-state index contributed by atoms with van der Waals surface area (Å²) >= 11 is 1.82. The van der Waals surface area contributed by atoms with Gasteiger partial charge in [0.15, 0.2) is 5.82 Å². The third kappa shape index (κ3) is 6.18. The molecule has 8 aromatic carbocycles. The van der Waals surface area contributed by atoms with Gasteiger partial charge in [0.05, 0.1) is 28.0 Å². The maximum atomic E-state index is 7.22. The second-order valence-electron chi connectivity index (χ2n) is 15.5. The lowest BCUT2D eigenvalue weighted by molar-refractivity contribution is 0.636. The van der Waals surface area contributed by atoms with E-state index in [2.05, 4.69) is 164 Å². The molecule has 0 saturated heterocycles. The molecule has 0 N–H and O–H groups in total. The van der Waals surface area contributed by atoms with Gasteiger partial charge in [0, 0.05) is 58.9 Å². The third-order valence-corrected chi connectivity index (χ3v) is 13.0. The van der Waals surface area contributed by atoms with Crippen LogP contribution >= 0.6 is 11.3 Å². The Morgan fingerprint density at radius 2 is 0.919 bits per heavy atom. The van der Waals surface area contributed by atoms with Crippen LogP contribution in [-0.2, 0) is 0 Å². The maximum Gasteiger partial charge on any atom is 0.160 e. The lowest BCUT2D eigenvalue weighted by Crippen LogP contribution is -1.95. The monoisotopic (exact) mass is 809 g/mol. The van der Waals surface area contributed by atoms with Crippen molar-refractivity contribution in [3.05, 3.63) is 212 Å². The number of benzene rings is 8. The molecule has 62 heavy (non-hydrogen) atoms. The molecular weight excluding hydrogens is 775 g/mol. The standard InChI is InChI=1S/C57H35N3OS/c1-4-15-38(16-5-1)48-35-49(60-57(59-48)42-19-8-3-9-20-42)39-31-27-36(28-32-39)37-29-33-40(34-30-37)51-52-53(41-17-6-2-7-18-41)58-47-25-12-10-22-45(47)54(52)61-55(51)46-24-14-23-44-43-21-11-13-26-50(43)62-56(44)46/h1-35H. The number of para-hydroxylation sites is 1. The van der Waals surface area contributed by atoms with E-state index in [4.69, 9.17) is 19.4 Å². The van der Waals surface area contributed by atoms with Gasteiger partial charge >= 0.3 is 0 Å². The zero-order chi connectivity index (χ0) is 41.0. The number of thiophene rings is 1. The van der Waals surface area contributed by atoms with Crippen LogP contribution in [0.25, 0.3) is 121 Å². The summed E-state index contributed by atoms with van der Waals surface area (Å²) in [7, 11) is 0. The van der Waals surface area contributed by atoms with E-state index in [1.165, 1.54) is 20.2 Å². The van der Waals surface area contributed by atoms with Crippen molar-refractivity contribution in [3.63, 3.8) is 0 Å². The molecule has 0 saturated carbocycles. The third-order valence-electron chi connectivity index (χ3n) is 11.7. The zero-order valence-electron chi connectivity index (χ0n) is 33.4. The van der Waals surface area contributed by atoms with Gasteiger partial charge in [-0.3, -0.25) is 0 Å². The zero-order valence-corrected chi connectivity index (χ0v) is 34.2. The Hall–Kier alpha value is -7.99. The number of hydrogen-bond acceptors (Lipinski definition) is 5. The largest absolute Gasteiger partial charge is 0.455 e. The predicted octanol–water partition coefficient (Wildman–Crippen LogP) is 15.8. The van der Waals surface area contributed by atoms with Crippen LogP contribution < -0.4 is 0 Å². The Morgan fingerprint density at radius 3 is 1.61 bits per heavy atom. The lowest BCUT2D eigenvalue weighted by atomic mass is 9.93. The molecule has 0 radical (unpaired) electrons. The van der Waals surface area contributed by atoms with E-state index in [1.54, 1.807) is 0 Å². The summed E-state index contributed by atoms with van der Waals surface area (Å²) in [4.78, 5) is 15.4. The second kappa shape index (κ2) is 14.9. The molecule has 12 aromatic rings. The quantitative estimate of drug-likeness (QED) is 0.161. The van der Waals surface area contributed by atoms with E-state index in [1.807, 2.05) is 59.9 Å². The molecule has 0 aliphatic carbocycles. The molecule has 4 nitrogen and oxygen atoms in total. The Balaban J connectivity index is 0.998. The number of rotatable bonds is 7. The van der Waals surface area contributed by atoms with Crippen LogP contribution in [0.3, 0.4) is 0 Å². The number of furan rings is 1. The van der Waals surface area contributed by atoms with Crippen molar-refractivity contribution in [1.82, 2.24) is 15.0 Å². The summed E-state index contributed by atoms with van der Waals surface area (Å²) in [6.45, 7) is 0. The van der Waals surface area contributed by atoms with Gasteiger partial charge in [0.25, 0.3) is 0 Å². The molecule has 4 aromatic heterocycles. The number of fused-ring (bicyclic) bond motifs is 6. The first-order valence-electron chi connectivity index (χ1n) is 20.8. The predicted molar refractivity (Wildman–Crippen MR) is 258 cm³/mol. The highest BCUT2D eigenvalue weighted by Crippen LogP contribution is 2.50. The van der Waals surface area contributed by atoms with Crippen LogP contribution in [0, 0.1) is 0 Å². The van der Waals surface area contributed by atoms with Crippen molar-refractivity contribution in [2.24, 2.45) is 0 Å². The normalized spacial score (nSPS) is 11.5. The van der Waals surface area contributed by atoms with E-state index < -0.39 is 0 Å². The van der Waals surface area contributed by atoms with Gasteiger partial charge < -0.3 is 4.42 Å². The van der Waals surface area contributed by atoms with E-state index >= 15 is 0 Å². The molecule has 0 aliphatic heterocycles. The molecule has 0 amide bonds. The van der Waals surface area contributed by atoms with E-state index in [0.29, 0.717) is 5.82 Å². The van der Waals surface area contributed by atoms with E-state index in [9.17, 15) is 0 Å². The minimum absolute atomic E-state index is 0.704. The van der Waals surface area contributed by atoms with Gasteiger partial charge in [-0.15, -0.1) is 11.3 Å². The van der Waals surface area contributed by atoms with Crippen LogP contribution in [0.2, 0.25) is 0 Å². The smallest absolute Gasteiger partial charge is 0.160 e. The summed E-state index contributed by atoms with van der Waals surface area (Å²) in [6.07, 6.45) is 0. The Morgan fingerprint density at radius 1 is 0.387 bits per heavy atom. The molecule has 0 aliphatic rings. The fourth-order valence-electron chi connectivity index (χ4n) is 8.71. The lowest BCUT2D eigenvalue weighted by Gasteiger charge is -2.11. The summed E-state index contributed by atoms with van der Waals surface area (Å²) in [6, 6.07) is 74.1. The van der Waals surface area contributed by atoms with Crippen molar-refractivity contribution >= 4 is 53.4 Å². The molecule has 0 fully saturated rings. The average molecular weight is 810 g/mol. The molecular formula is C57H35N3OS. The first kappa shape index (κ1) is 35.9. The molecule has 5 heteroatoms. The van der Waals surface area contributed by atoms with Crippen LogP contribution in [0.4, 0.5) is 0 Å². The first-order valence-corrected chi connectivity index (χ1v) is 21.6. The molecule has 0 atom stereocenters. The Bertz CT molecular complexity index is 3540. The molecule has 0 bridgehead atoms. The SMILES string of the molecule is c1ccc(-c2cc(-c3ccc(-c4ccc(-c5c(-c6cccc7c6sc6ccccc67)oc6c5c(-c5ccccc5)nc5ccccc56)cc4)cc3)nc(-c3ccccc3)n2)cc1. The number of pyridine rings is 1. The second-order valence-corrected chi connectivity index (χ2v) is 16.5. The highest BCUT2D eigenvalue weighted by Gasteiger charge is 2.26. The topological polar surface area (TPSA) is 51.8 Å². The number of nitrogens with zero attached hydrogens (tertiary/aromatic N) is 3. The van der Waals surface area contributed by atoms with Gasteiger partial charge in [-0.25, -0.2) is 15.0 Å². The minimum Gasteiger partial charge on any atom is -0.455 e. The fourth-order valence-corrected chi connectivity index (χ4v) is 9.93. The van der Waals surface area contributed by atoms with Gasteiger partial charge in [-0.2, -0.15) is 0 Å². The van der Waals surface area contributed by atoms with Gasteiger partial charge in [-0.05, 0) is 47.0 Å². The highest BCUT2D eigenvalue weighted by molar-refractivity contribution is 7.26. The number of hydrogen-bond donors (Lipinski definition) is 0. The molecule has 12 rings (SSSR count). The van der Waals surface area contributed by atoms with Gasteiger partial charge in [0.1, 0.15) is 11.3 Å². The fraction of sp³-hybridized carbons (Fsp3) is 0. The summed E-state index contributed by atoms with van der Waals surface area (Å²) in [5.41, 5.74) is 13.9. The molecule has 0 spiro atoms. The average Bonchev–Trinajstić information content (AvgIpc) is 3.95.